The Balaban J connectivity index is 1.58. The maximum atomic E-state index is 12.9. The van der Waals surface area contributed by atoms with E-state index in [1.165, 1.54) is 5.56 Å². The fraction of sp³-hybridized carbons (Fsp3) is 0.115. The number of carbonyl (C=O) groups is 1. The molecule has 0 aliphatic rings. The molecule has 3 aromatic carbocycles. The van der Waals surface area contributed by atoms with Crippen molar-refractivity contribution in [2.24, 2.45) is 0 Å². The third kappa shape index (κ3) is 3.78. The monoisotopic (exact) mass is 422 g/mol. The van der Waals surface area contributed by atoms with Crippen molar-refractivity contribution in [2.75, 3.05) is 5.32 Å². The Morgan fingerprint density at radius 2 is 1.69 bits per heavy atom. The van der Waals surface area contributed by atoms with Gasteiger partial charge in [-0.2, -0.15) is 0 Å². The minimum atomic E-state index is -0.163. The molecule has 0 atom stereocenters. The predicted octanol–water partition coefficient (Wildman–Crippen LogP) is 4.56. The Morgan fingerprint density at radius 1 is 0.969 bits per heavy atom. The van der Waals surface area contributed by atoms with E-state index in [1.807, 2.05) is 85.3 Å². The van der Waals surface area contributed by atoms with Crippen LogP contribution in [0, 0.1) is 13.8 Å². The summed E-state index contributed by atoms with van der Waals surface area (Å²) in [4.78, 5) is 17.8. The molecular weight excluding hydrogens is 398 g/mol. The molecule has 0 radical (unpaired) electrons. The highest BCUT2D eigenvalue weighted by molar-refractivity contribution is 6.03. The second kappa shape index (κ2) is 8.15. The average Bonchev–Trinajstić information content (AvgIpc) is 3.34. The van der Waals surface area contributed by atoms with E-state index in [2.05, 4.69) is 33.2 Å². The summed E-state index contributed by atoms with van der Waals surface area (Å²) in [6, 6.07) is 27.8. The first-order valence-corrected chi connectivity index (χ1v) is 10.6. The van der Waals surface area contributed by atoms with Gasteiger partial charge in [-0.25, -0.2) is 4.57 Å². The number of anilines is 1. The van der Waals surface area contributed by atoms with E-state index in [0.29, 0.717) is 23.9 Å². The van der Waals surface area contributed by atoms with Gasteiger partial charge in [-0.3, -0.25) is 15.2 Å². The quantitative estimate of drug-likeness (QED) is 0.408. The number of amides is 1. The lowest BCUT2D eigenvalue weighted by Gasteiger charge is -2.07. The van der Waals surface area contributed by atoms with Crippen molar-refractivity contribution in [3.63, 3.8) is 0 Å². The smallest absolute Gasteiger partial charge is 0.258 e. The SMILES string of the molecule is Cc1ccc(C(=O)Nc2cc(C)[nH][n+]2-c2nc3ccccc3n2Cc2ccccc2)cc1. The van der Waals surface area contributed by atoms with Crippen LogP contribution in [-0.4, -0.2) is 20.6 Å². The number of nitrogens with one attached hydrogen (secondary N) is 2. The number of aromatic amines is 1. The fourth-order valence-electron chi connectivity index (χ4n) is 3.84. The van der Waals surface area contributed by atoms with Crippen molar-refractivity contribution in [3.8, 4) is 5.95 Å². The Bertz CT molecular complexity index is 1400. The van der Waals surface area contributed by atoms with Gasteiger partial charge in [0.2, 0.25) is 5.82 Å². The highest BCUT2D eigenvalue weighted by Gasteiger charge is 2.25. The van der Waals surface area contributed by atoms with Crippen LogP contribution in [0.4, 0.5) is 5.82 Å². The number of para-hydroxylation sites is 2. The predicted molar refractivity (Wildman–Crippen MR) is 125 cm³/mol. The minimum Gasteiger partial charge on any atom is -0.258 e. The lowest BCUT2D eigenvalue weighted by Crippen LogP contribution is -2.40. The van der Waals surface area contributed by atoms with Crippen LogP contribution in [0.5, 0.6) is 0 Å². The number of aryl methyl sites for hydroxylation is 2. The number of carbonyl (C=O) groups excluding carboxylic acids is 1. The van der Waals surface area contributed by atoms with Gasteiger partial charge in [0.1, 0.15) is 5.52 Å². The maximum absolute atomic E-state index is 12.9. The van der Waals surface area contributed by atoms with Crippen molar-refractivity contribution in [3.05, 3.63) is 107 Å². The number of benzene rings is 3. The summed E-state index contributed by atoms with van der Waals surface area (Å²) < 4.78 is 3.99. The molecule has 2 aromatic heterocycles. The Labute approximate surface area is 186 Å². The van der Waals surface area contributed by atoms with Crippen molar-refractivity contribution in [2.45, 2.75) is 20.4 Å². The van der Waals surface area contributed by atoms with E-state index in [4.69, 9.17) is 4.98 Å². The lowest BCUT2D eigenvalue weighted by molar-refractivity contribution is -0.650. The first-order chi connectivity index (χ1) is 15.6. The topological polar surface area (TPSA) is 66.6 Å². The molecular formula is C26H24N5O+. The second-order valence-corrected chi connectivity index (χ2v) is 7.95. The van der Waals surface area contributed by atoms with E-state index >= 15 is 0 Å². The first-order valence-electron chi connectivity index (χ1n) is 10.6. The van der Waals surface area contributed by atoms with Crippen LogP contribution in [0.3, 0.4) is 0 Å². The molecule has 0 spiro atoms. The molecule has 32 heavy (non-hydrogen) atoms. The van der Waals surface area contributed by atoms with Crippen molar-refractivity contribution in [1.29, 1.82) is 0 Å². The van der Waals surface area contributed by atoms with Crippen LogP contribution in [0.1, 0.15) is 27.2 Å². The van der Waals surface area contributed by atoms with Gasteiger partial charge in [0.25, 0.3) is 5.91 Å². The van der Waals surface area contributed by atoms with Crippen LogP contribution in [0.15, 0.2) is 84.9 Å². The molecule has 2 N–H and O–H groups in total. The normalized spacial score (nSPS) is 11.1. The molecule has 6 heteroatoms. The summed E-state index contributed by atoms with van der Waals surface area (Å²) in [6.45, 7) is 4.62. The van der Waals surface area contributed by atoms with E-state index in [9.17, 15) is 4.79 Å². The van der Waals surface area contributed by atoms with Crippen molar-refractivity contribution >= 4 is 22.8 Å². The molecule has 158 valence electrons. The van der Waals surface area contributed by atoms with Crippen LogP contribution >= 0.6 is 0 Å². The van der Waals surface area contributed by atoms with Gasteiger partial charge in [0.15, 0.2) is 5.52 Å². The van der Waals surface area contributed by atoms with E-state index < -0.39 is 0 Å². The fourth-order valence-corrected chi connectivity index (χ4v) is 3.84. The number of hydrogen-bond acceptors (Lipinski definition) is 2. The van der Waals surface area contributed by atoms with E-state index in [0.717, 1.165) is 22.3 Å². The molecule has 2 heterocycles. The van der Waals surface area contributed by atoms with E-state index in [-0.39, 0.29) is 5.91 Å². The van der Waals surface area contributed by atoms with Crippen LogP contribution in [0.2, 0.25) is 0 Å². The summed E-state index contributed by atoms with van der Waals surface area (Å²) in [6.07, 6.45) is 0. The number of fused-ring (bicyclic) bond motifs is 1. The minimum absolute atomic E-state index is 0.163. The third-order valence-corrected chi connectivity index (χ3v) is 5.46. The summed E-state index contributed by atoms with van der Waals surface area (Å²) in [5.74, 6) is 1.18. The molecule has 0 aliphatic carbocycles. The van der Waals surface area contributed by atoms with Gasteiger partial charge >= 0.3 is 5.95 Å². The summed E-state index contributed by atoms with van der Waals surface area (Å²) in [7, 11) is 0. The molecule has 0 aliphatic heterocycles. The van der Waals surface area contributed by atoms with Gasteiger partial charge in [0, 0.05) is 11.8 Å². The largest absolute Gasteiger partial charge is 0.377 e. The van der Waals surface area contributed by atoms with Gasteiger partial charge in [-0.15, -0.1) is 9.67 Å². The van der Waals surface area contributed by atoms with Crippen LogP contribution in [-0.2, 0) is 6.54 Å². The molecule has 1 amide bonds. The number of nitrogens with zero attached hydrogens (tertiary/aromatic N) is 3. The Morgan fingerprint density at radius 3 is 2.47 bits per heavy atom. The standard InChI is InChI=1S/C26H23N5O/c1-18-12-14-21(15-13-18)25(32)28-24-16-19(2)29-31(24)26-27-22-10-6-7-11-23(22)30(26)17-20-8-4-3-5-9-20/h3-16H,17H2,1-2H3,(H,28,29,32)/p+1. The highest BCUT2D eigenvalue weighted by atomic mass is 16.1. The van der Waals surface area contributed by atoms with Crippen LogP contribution in [0.25, 0.3) is 17.0 Å². The maximum Gasteiger partial charge on any atom is 0.377 e. The Hall–Kier alpha value is -4.19. The van der Waals surface area contributed by atoms with Gasteiger partial charge in [-0.1, -0.05) is 60.2 Å². The van der Waals surface area contributed by atoms with Gasteiger partial charge < -0.3 is 0 Å². The molecule has 0 fully saturated rings. The zero-order chi connectivity index (χ0) is 22.1. The summed E-state index contributed by atoms with van der Waals surface area (Å²) in [5.41, 5.74) is 5.74. The number of imidazole rings is 1. The average molecular weight is 423 g/mol. The zero-order valence-corrected chi connectivity index (χ0v) is 18.0. The molecule has 6 nitrogen and oxygen atoms in total. The molecule has 5 aromatic rings. The molecule has 0 unspecified atom stereocenters. The number of hydrogen-bond donors (Lipinski definition) is 2. The Kier molecular flexibility index (Phi) is 5.03. The van der Waals surface area contributed by atoms with Crippen molar-refractivity contribution < 1.29 is 9.48 Å². The summed E-state index contributed by atoms with van der Waals surface area (Å²) >= 11 is 0. The lowest BCUT2D eigenvalue weighted by atomic mass is 10.1. The first kappa shape index (κ1) is 19.8. The molecule has 0 bridgehead atoms. The molecule has 5 rings (SSSR count). The number of H-pyrrole nitrogens is 1. The van der Waals surface area contributed by atoms with E-state index in [1.54, 1.807) is 0 Å². The van der Waals surface area contributed by atoms with Crippen LogP contribution < -0.4 is 10.00 Å². The third-order valence-electron chi connectivity index (χ3n) is 5.46. The van der Waals surface area contributed by atoms with Gasteiger partial charge in [-0.05, 0) is 43.7 Å². The highest BCUT2D eigenvalue weighted by Crippen LogP contribution is 2.20. The second-order valence-electron chi connectivity index (χ2n) is 7.95. The zero-order valence-electron chi connectivity index (χ0n) is 18.0. The molecule has 0 saturated carbocycles. The van der Waals surface area contributed by atoms with Crippen molar-refractivity contribution in [1.82, 2.24) is 14.6 Å². The number of aromatic nitrogens is 4. The molecule has 0 saturated heterocycles. The summed E-state index contributed by atoms with van der Waals surface area (Å²) in [5, 5.41) is 6.37. The van der Waals surface area contributed by atoms with Gasteiger partial charge in [0.05, 0.1) is 12.1 Å². The number of rotatable bonds is 5.